The third kappa shape index (κ3) is 6.61. The Morgan fingerprint density at radius 2 is 1.91 bits per heavy atom. The normalized spacial score (nSPS) is 10.5. The summed E-state index contributed by atoms with van der Waals surface area (Å²) >= 11 is 9.34. The Labute approximate surface area is 200 Å². The predicted octanol–water partition coefficient (Wildman–Crippen LogP) is 6.58. The van der Waals surface area contributed by atoms with Gasteiger partial charge in [0.25, 0.3) is 5.91 Å². The van der Waals surface area contributed by atoms with Crippen LogP contribution >= 0.6 is 27.5 Å². The van der Waals surface area contributed by atoms with Crippen LogP contribution in [0.2, 0.25) is 5.02 Å². The Morgan fingerprint density at radius 1 is 1.09 bits per heavy atom. The van der Waals surface area contributed by atoms with Crippen molar-refractivity contribution in [3.8, 4) is 11.5 Å². The number of nitrogens with one attached hydrogen (secondary N) is 2. The number of hydrogen-bond acceptors (Lipinski definition) is 4. The topological polar surface area (TPSA) is 59.6 Å². The van der Waals surface area contributed by atoms with E-state index in [0.717, 1.165) is 11.1 Å². The molecule has 32 heavy (non-hydrogen) atoms. The molecule has 8 heteroatoms. The van der Waals surface area contributed by atoms with Crippen molar-refractivity contribution < 1.29 is 18.7 Å². The molecule has 0 unspecified atom stereocenters. The first-order valence-electron chi connectivity index (χ1n) is 9.99. The Balaban J connectivity index is 1.67. The van der Waals surface area contributed by atoms with Gasteiger partial charge in [-0.05, 0) is 83.4 Å². The lowest BCUT2D eigenvalue weighted by Gasteiger charge is -2.16. The van der Waals surface area contributed by atoms with Gasteiger partial charge in [-0.15, -0.1) is 0 Å². The van der Waals surface area contributed by atoms with E-state index in [0.29, 0.717) is 40.5 Å². The lowest BCUT2D eigenvalue weighted by atomic mass is 10.2. The summed E-state index contributed by atoms with van der Waals surface area (Å²) in [6.07, 6.45) is 0. The van der Waals surface area contributed by atoms with Gasteiger partial charge >= 0.3 is 0 Å². The molecule has 0 radical (unpaired) electrons. The number of rotatable bonds is 9. The van der Waals surface area contributed by atoms with Crippen LogP contribution in [0, 0.1) is 12.7 Å². The van der Waals surface area contributed by atoms with Crippen LogP contribution in [0.1, 0.15) is 18.1 Å². The van der Waals surface area contributed by atoms with E-state index >= 15 is 0 Å². The number of carbonyl (C=O) groups is 1. The first kappa shape index (κ1) is 23.9. The molecular formula is C24H23BrClFN2O3. The van der Waals surface area contributed by atoms with Gasteiger partial charge in [-0.1, -0.05) is 23.7 Å². The van der Waals surface area contributed by atoms with Gasteiger partial charge < -0.3 is 20.1 Å². The van der Waals surface area contributed by atoms with E-state index in [2.05, 4.69) is 26.6 Å². The minimum atomic E-state index is -0.466. The molecule has 0 aromatic heterocycles. The first-order chi connectivity index (χ1) is 15.4. The molecule has 0 atom stereocenters. The van der Waals surface area contributed by atoms with Crippen LogP contribution in [0.5, 0.6) is 11.5 Å². The molecule has 0 saturated carbocycles. The van der Waals surface area contributed by atoms with E-state index in [4.69, 9.17) is 21.1 Å². The summed E-state index contributed by atoms with van der Waals surface area (Å²) in [5.41, 5.74) is 3.36. The molecule has 0 aliphatic carbocycles. The first-order valence-corrected chi connectivity index (χ1v) is 11.2. The second-order valence-electron chi connectivity index (χ2n) is 7.03. The highest BCUT2D eigenvalue weighted by molar-refractivity contribution is 9.10. The van der Waals surface area contributed by atoms with Crippen molar-refractivity contribution in [1.29, 1.82) is 0 Å². The van der Waals surface area contributed by atoms with Gasteiger partial charge in [0.1, 0.15) is 5.82 Å². The molecule has 0 fully saturated rings. The number of anilines is 2. The summed E-state index contributed by atoms with van der Waals surface area (Å²) in [6.45, 7) is 4.54. The Kier molecular flexibility index (Phi) is 8.36. The predicted molar refractivity (Wildman–Crippen MR) is 129 cm³/mol. The minimum Gasteiger partial charge on any atom is -0.490 e. The maximum absolute atomic E-state index is 13.3. The largest absolute Gasteiger partial charge is 0.490 e. The van der Waals surface area contributed by atoms with Crippen LogP contribution < -0.4 is 20.1 Å². The molecule has 168 valence electrons. The van der Waals surface area contributed by atoms with E-state index in [1.54, 1.807) is 6.07 Å². The molecule has 3 aromatic rings. The number of halogens is 3. The highest BCUT2D eigenvalue weighted by atomic mass is 79.9. The van der Waals surface area contributed by atoms with Crippen molar-refractivity contribution in [3.63, 3.8) is 0 Å². The maximum Gasteiger partial charge on any atom is 0.262 e. The number of aryl methyl sites for hydroxylation is 1. The van der Waals surface area contributed by atoms with Gasteiger partial charge in [0.2, 0.25) is 0 Å². The van der Waals surface area contributed by atoms with Crippen molar-refractivity contribution in [1.82, 2.24) is 0 Å². The summed E-state index contributed by atoms with van der Waals surface area (Å²) in [5, 5.41) is 6.06. The summed E-state index contributed by atoms with van der Waals surface area (Å²) in [5.74, 6) is 0.217. The molecule has 0 aliphatic heterocycles. The van der Waals surface area contributed by atoms with Gasteiger partial charge in [0, 0.05) is 17.9 Å². The molecule has 1 amide bonds. The fraction of sp³-hybridized carbons (Fsp3) is 0.208. The molecule has 0 saturated heterocycles. The molecule has 0 spiro atoms. The van der Waals surface area contributed by atoms with Crippen molar-refractivity contribution >= 4 is 44.8 Å². The quantitative estimate of drug-likeness (QED) is 0.334. The van der Waals surface area contributed by atoms with E-state index in [-0.39, 0.29) is 17.5 Å². The molecule has 3 rings (SSSR count). The average molecular weight is 522 g/mol. The molecule has 2 N–H and O–H groups in total. The van der Waals surface area contributed by atoms with E-state index in [1.807, 2.05) is 50.2 Å². The summed E-state index contributed by atoms with van der Waals surface area (Å²) < 4.78 is 25.5. The molecule has 0 bridgehead atoms. The average Bonchev–Trinajstić information content (AvgIpc) is 2.74. The van der Waals surface area contributed by atoms with Gasteiger partial charge in [0.05, 0.1) is 16.1 Å². The number of benzene rings is 3. The molecule has 0 heterocycles. The summed E-state index contributed by atoms with van der Waals surface area (Å²) in [6, 6.07) is 15.7. The molecule has 0 aliphatic rings. The van der Waals surface area contributed by atoms with Gasteiger partial charge in [-0.2, -0.15) is 0 Å². The highest BCUT2D eigenvalue weighted by Gasteiger charge is 2.14. The van der Waals surface area contributed by atoms with Crippen LogP contribution in [-0.2, 0) is 11.3 Å². The summed E-state index contributed by atoms with van der Waals surface area (Å²) in [7, 11) is 0. The number of hydrogen-bond donors (Lipinski definition) is 2. The van der Waals surface area contributed by atoms with Crippen molar-refractivity contribution in [2.45, 2.75) is 20.4 Å². The number of carbonyl (C=O) groups excluding carboxylic acids is 1. The zero-order valence-corrected chi connectivity index (χ0v) is 20.0. The third-order valence-electron chi connectivity index (χ3n) is 4.43. The third-order valence-corrected chi connectivity index (χ3v) is 5.31. The zero-order chi connectivity index (χ0) is 23.1. The smallest absolute Gasteiger partial charge is 0.262 e. The van der Waals surface area contributed by atoms with Crippen molar-refractivity contribution in [3.05, 3.63) is 81.0 Å². The van der Waals surface area contributed by atoms with Crippen LogP contribution in [0.3, 0.4) is 0 Å². The minimum absolute atomic E-state index is 0.0545. The van der Waals surface area contributed by atoms with Crippen LogP contribution in [-0.4, -0.2) is 19.1 Å². The van der Waals surface area contributed by atoms with Crippen LogP contribution in [0.15, 0.2) is 59.1 Å². The maximum atomic E-state index is 13.3. The standard InChI is InChI=1S/C24H23BrClFN2O3/c1-3-31-22-11-16(13-28-17-7-8-21(27)20(26)12-17)10-19(25)24(22)32-14-23(30)29-18-6-4-5-15(2)9-18/h4-12,28H,3,13-14H2,1-2H3,(H,29,30). The number of ether oxygens (including phenoxy) is 2. The van der Waals surface area contributed by atoms with Gasteiger partial charge in [0.15, 0.2) is 18.1 Å². The molecule has 5 nitrogen and oxygen atoms in total. The summed E-state index contributed by atoms with van der Waals surface area (Å²) in [4.78, 5) is 12.3. The lowest BCUT2D eigenvalue weighted by molar-refractivity contribution is -0.118. The molecule has 3 aromatic carbocycles. The number of amides is 1. The Bertz CT molecular complexity index is 1110. The van der Waals surface area contributed by atoms with Crippen molar-refractivity contribution in [2.75, 3.05) is 23.8 Å². The SMILES string of the molecule is CCOc1cc(CNc2ccc(F)c(Cl)c2)cc(Br)c1OCC(=O)Nc1cccc(C)c1. The second kappa shape index (κ2) is 11.2. The fourth-order valence-electron chi connectivity index (χ4n) is 2.99. The fourth-order valence-corrected chi connectivity index (χ4v) is 3.78. The Morgan fingerprint density at radius 3 is 2.62 bits per heavy atom. The zero-order valence-electron chi connectivity index (χ0n) is 17.7. The molecular weight excluding hydrogens is 499 g/mol. The second-order valence-corrected chi connectivity index (χ2v) is 8.29. The lowest BCUT2D eigenvalue weighted by Crippen LogP contribution is -2.20. The van der Waals surface area contributed by atoms with E-state index in [9.17, 15) is 9.18 Å². The van der Waals surface area contributed by atoms with Crippen LogP contribution in [0.4, 0.5) is 15.8 Å². The van der Waals surface area contributed by atoms with Crippen molar-refractivity contribution in [2.24, 2.45) is 0 Å². The highest BCUT2D eigenvalue weighted by Crippen LogP contribution is 2.37. The van der Waals surface area contributed by atoms with E-state index in [1.165, 1.54) is 12.1 Å². The van der Waals surface area contributed by atoms with E-state index < -0.39 is 5.82 Å². The van der Waals surface area contributed by atoms with Crippen LogP contribution in [0.25, 0.3) is 0 Å². The van der Waals surface area contributed by atoms with Gasteiger partial charge in [-0.3, -0.25) is 4.79 Å². The van der Waals surface area contributed by atoms with Gasteiger partial charge in [-0.25, -0.2) is 4.39 Å². The monoisotopic (exact) mass is 520 g/mol. The Hall–Kier alpha value is -2.77.